The van der Waals surface area contributed by atoms with Crippen LogP contribution in [0.5, 0.6) is 0 Å². The van der Waals surface area contributed by atoms with Crippen LogP contribution in [0.3, 0.4) is 0 Å². The SMILES string of the molecule is CN(C)c1cncc(C2CCCN2CC(=O)N2CCOCC2)n1. The lowest BCUT2D eigenvalue weighted by Gasteiger charge is -2.30. The molecule has 0 N–H and O–H groups in total. The van der Waals surface area contributed by atoms with Crippen molar-refractivity contribution in [2.75, 3.05) is 58.4 Å². The zero-order chi connectivity index (χ0) is 16.2. The Morgan fingerprint density at radius 1 is 1.30 bits per heavy atom. The number of aromatic nitrogens is 2. The maximum atomic E-state index is 12.5. The number of carbonyl (C=O) groups excluding carboxylic acids is 1. The quantitative estimate of drug-likeness (QED) is 0.807. The van der Waals surface area contributed by atoms with E-state index in [0.29, 0.717) is 32.8 Å². The molecular formula is C16H25N5O2. The predicted octanol–water partition coefficient (Wildman–Crippen LogP) is 0.538. The largest absolute Gasteiger partial charge is 0.378 e. The molecule has 0 saturated carbocycles. The summed E-state index contributed by atoms with van der Waals surface area (Å²) in [6, 6.07) is 0.187. The highest BCUT2D eigenvalue weighted by molar-refractivity contribution is 5.78. The molecule has 2 fully saturated rings. The van der Waals surface area contributed by atoms with Crippen molar-refractivity contribution in [3.8, 4) is 0 Å². The summed E-state index contributed by atoms with van der Waals surface area (Å²) in [6.07, 6.45) is 5.72. The number of nitrogens with zero attached hydrogens (tertiary/aromatic N) is 5. The molecule has 1 unspecified atom stereocenters. The van der Waals surface area contributed by atoms with Gasteiger partial charge in [0.1, 0.15) is 5.82 Å². The van der Waals surface area contributed by atoms with Gasteiger partial charge in [-0.25, -0.2) is 4.98 Å². The van der Waals surface area contributed by atoms with Crippen LogP contribution in [0.15, 0.2) is 12.4 Å². The first-order valence-corrected chi connectivity index (χ1v) is 8.24. The molecule has 1 amide bonds. The minimum absolute atomic E-state index is 0.187. The third-order valence-electron chi connectivity index (χ3n) is 4.51. The number of carbonyl (C=O) groups is 1. The van der Waals surface area contributed by atoms with Crippen molar-refractivity contribution in [2.45, 2.75) is 18.9 Å². The van der Waals surface area contributed by atoms with Gasteiger partial charge >= 0.3 is 0 Å². The van der Waals surface area contributed by atoms with E-state index in [4.69, 9.17) is 9.72 Å². The highest BCUT2D eigenvalue weighted by atomic mass is 16.5. The summed E-state index contributed by atoms with van der Waals surface area (Å²) in [5.74, 6) is 1.05. The molecule has 2 aliphatic heterocycles. The Hall–Kier alpha value is -1.73. The van der Waals surface area contributed by atoms with Gasteiger partial charge in [0.2, 0.25) is 5.91 Å². The van der Waals surface area contributed by atoms with Crippen LogP contribution < -0.4 is 4.90 Å². The molecule has 1 aromatic heterocycles. The molecule has 1 aromatic rings. The first kappa shape index (κ1) is 16.1. The fourth-order valence-corrected chi connectivity index (χ4v) is 3.18. The first-order valence-electron chi connectivity index (χ1n) is 8.24. The van der Waals surface area contributed by atoms with Crippen molar-refractivity contribution in [1.29, 1.82) is 0 Å². The lowest BCUT2D eigenvalue weighted by Crippen LogP contribution is -2.45. The van der Waals surface area contributed by atoms with Crippen molar-refractivity contribution in [1.82, 2.24) is 19.8 Å². The van der Waals surface area contributed by atoms with Gasteiger partial charge in [-0.05, 0) is 19.4 Å². The minimum Gasteiger partial charge on any atom is -0.378 e. The van der Waals surface area contributed by atoms with Crippen LogP contribution in [-0.4, -0.2) is 79.2 Å². The van der Waals surface area contributed by atoms with Gasteiger partial charge in [-0.2, -0.15) is 0 Å². The van der Waals surface area contributed by atoms with Gasteiger partial charge in [-0.15, -0.1) is 0 Å². The van der Waals surface area contributed by atoms with Crippen LogP contribution in [0.1, 0.15) is 24.6 Å². The number of likely N-dealkylation sites (tertiary alicyclic amines) is 1. The molecule has 0 bridgehead atoms. The van der Waals surface area contributed by atoms with Gasteiger partial charge in [-0.3, -0.25) is 14.7 Å². The summed E-state index contributed by atoms with van der Waals surface area (Å²) in [4.78, 5) is 27.6. The lowest BCUT2D eigenvalue weighted by atomic mass is 10.1. The van der Waals surface area contributed by atoms with Gasteiger partial charge in [-0.1, -0.05) is 0 Å². The van der Waals surface area contributed by atoms with Crippen LogP contribution in [0, 0.1) is 0 Å². The van der Waals surface area contributed by atoms with E-state index in [0.717, 1.165) is 30.9 Å². The molecule has 0 radical (unpaired) electrons. The van der Waals surface area contributed by atoms with E-state index in [2.05, 4.69) is 9.88 Å². The Kier molecular flexibility index (Phi) is 5.07. The summed E-state index contributed by atoms with van der Waals surface area (Å²) in [5, 5.41) is 0. The number of anilines is 1. The second-order valence-corrected chi connectivity index (χ2v) is 6.32. The van der Waals surface area contributed by atoms with E-state index in [9.17, 15) is 4.79 Å². The molecule has 2 saturated heterocycles. The third kappa shape index (κ3) is 3.79. The zero-order valence-corrected chi connectivity index (χ0v) is 13.9. The summed E-state index contributed by atoms with van der Waals surface area (Å²) in [6.45, 7) is 4.09. The molecule has 126 valence electrons. The molecule has 0 spiro atoms. The molecule has 0 aliphatic carbocycles. The summed E-state index contributed by atoms with van der Waals surface area (Å²) < 4.78 is 5.32. The average Bonchev–Trinajstić information content (AvgIpc) is 3.04. The number of rotatable bonds is 4. The number of hydrogen-bond acceptors (Lipinski definition) is 6. The van der Waals surface area contributed by atoms with Crippen molar-refractivity contribution in [2.24, 2.45) is 0 Å². The fourth-order valence-electron chi connectivity index (χ4n) is 3.18. The maximum absolute atomic E-state index is 12.5. The van der Waals surface area contributed by atoms with E-state index in [1.807, 2.05) is 30.1 Å². The average molecular weight is 319 g/mol. The molecule has 7 heteroatoms. The minimum atomic E-state index is 0.187. The van der Waals surface area contributed by atoms with Gasteiger partial charge in [0.15, 0.2) is 0 Å². The van der Waals surface area contributed by atoms with Crippen molar-refractivity contribution < 1.29 is 9.53 Å². The molecule has 1 atom stereocenters. The number of morpholine rings is 1. The van der Waals surface area contributed by atoms with Crippen LogP contribution in [-0.2, 0) is 9.53 Å². The second-order valence-electron chi connectivity index (χ2n) is 6.32. The topological polar surface area (TPSA) is 61.8 Å². The Labute approximate surface area is 137 Å². The van der Waals surface area contributed by atoms with E-state index in [1.54, 1.807) is 6.20 Å². The third-order valence-corrected chi connectivity index (χ3v) is 4.51. The summed E-state index contributed by atoms with van der Waals surface area (Å²) >= 11 is 0. The molecular weight excluding hydrogens is 294 g/mol. The predicted molar refractivity (Wildman–Crippen MR) is 87.3 cm³/mol. The normalized spacial score (nSPS) is 22.3. The summed E-state index contributed by atoms with van der Waals surface area (Å²) in [7, 11) is 3.92. The van der Waals surface area contributed by atoms with Gasteiger partial charge in [0.05, 0.1) is 43.9 Å². The van der Waals surface area contributed by atoms with E-state index in [1.165, 1.54) is 0 Å². The Morgan fingerprint density at radius 2 is 2.09 bits per heavy atom. The van der Waals surface area contributed by atoms with Crippen molar-refractivity contribution >= 4 is 11.7 Å². The van der Waals surface area contributed by atoms with Crippen molar-refractivity contribution in [3.05, 3.63) is 18.1 Å². The van der Waals surface area contributed by atoms with Crippen LogP contribution in [0.4, 0.5) is 5.82 Å². The Bertz CT molecular complexity index is 545. The molecule has 0 aromatic carbocycles. The van der Waals surface area contributed by atoms with Crippen LogP contribution in [0.2, 0.25) is 0 Å². The van der Waals surface area contributed by atoms with E-state index >= 15 is 0 Å². The smallest absolute Gasteiger partial charge is 0.236 e. The maximum Gasteiger partial charge on any atom is 0.236 e. The molecule has 7 nitrogen and oxygen atoms in total. The number of hydrogen-bond donors (Lipinski definition) is 0. The number of ether oxygens (including phenoxy) is 1. The van der Waals surface area contributed by atoms with Crippen LogP contribution in [0.25, 0.3) is 0 Å². The fraction of sp³-hybridized carbons (Fsp3) is 0.688. The number of amides is 1. The first-order chi connectivity index (χ1) is 11.1. The van der Waals surface area contributed by atoms with Crippen molar-refractivity contribution in [3.63, 3.8) is 0 Å². The standard InChI is InChI=1S/C16H25N5O2/c1-19(2)15-11-17-10-13(18-15)14-4-3-5-21(14)12-16(22)20-6-8-23-9-7-20/h10-11,14H,3-9,12H2,1-2H3. The van der Waals surface area contributed by atoms with Gasteiger partial charge in [0.25, 0.3) is 0 Å². The molecule has 2 aliphatic rings. The van der Waals surface area contributed by atoms with Gasteiger partial charge < -0.3 is 14.5 Å². The monoisotopic (exact) mass is 319 g/mol. The van der Waals surface area contributed by atoms with E-state index in [-0.39, 0.29) is 11.9 Å². The zero-order valence-electron chi connectivity index (χ0n) is 13.9. The summed E-state index contributed by atoms with van der Waals surface area (Å²) in [5.41, 5.74) is 0.962. The highest BCUT2D eigenvalue weighted by Gasteiger charge is 2.30. The van der Waals surface area contributed by atoms with Crippen LogP contribution >= 0.6 is 0 Å². The Balaban J connectivity index is 1.67. The Morgan fingerprint density at radius 3 is 2.83 bits per heavy atom. The molecule has 3 rings (SSSR count). The molecule has 3 heterocycles. The lowest BCUT2D eigenvalue weighted by molar-refractivity contribution is -0.136. The highest BCUT2D eigenvalue weighted by Crippen LogP contribution is 2.30. The van der Waals surface area contributed by atoms with Gasteiger partial charge in [0, 0.05) is 27.2 Å². The molecule has 23 heavy (non-hydrogen) atoms. The van der Waals surface area contributed by atoms with E-state index < -0.39 is 0 Å². The second kappa shape index (κ2) is 7.23.